The zero-order chi connectivity index (χ0) is 14.4. The molecule has 1 rings (SSSR count). The molecule has 0 aliphatic rings. The van der Waals surface area contributed by atoms with Crippen molar-refractivity contribution in [1.29, 1.82) is 0 Å². The number of para-hydroxylation sites is 1. The molecule has 0 radical (unpaired) electrons. The lowest BCUT2D eigenvalue weighted by molar-refractivity contribution is -0.122. The van der Waals surface area contributed by atoms with E-state index in [0.29, 0.717) is 24.7 Å². The summed E-state index contributed by atoms with van der Waals surface area (Å²) in [5.41, 5.74) is 6.02. The molecule has 3 nitrogen and oxygen atoms in total. The maximum absolute atomic E-state index is 13.8. The third-order valence-electron chi connectivity index (χ3n) is 3.12. The van der Waals surface area contributed by atoms with Crippen molar-refractivity contribution in [3.8, 4) is 0 Å². The second-order valence-electron chi connectivity index (χ2n) is 5.10. The first-order valence-electron chi connectivity index (χ1n) is 6.77. The number of hydrogen-bond acceptors (Lipinski definition) is 2. The molecular weight excluding hydrogens is 243 g/mol. The average Bonchev–Trinajstić information content (AvgIpc) is 2.38. The summed E-state index contributed by atoms with van der Waals surface area (Å²) in [6.07, 6.45) is 0.723. The van der Waals surface area contributed by atoms with Gasteiger partial charge < -0.3 is 10.6 Å². The first-order valence-corrected chi connectivity index (χ1v) is 6.77. The summed E-state index contributed by atoms with van der Waals surface area (Å²) in [6, 6.07) is 6.34. The summed E-state index contributed by atoms with van der Waals surface area (Å²) >= 11 is 0. The van der Waals surface area contributed by atoms with Crippen molar-refractivity contribution < 1.29 is 9.18 Å². The van der Waals surface area contributed by atoms with Crippen LogP contribution < -0.4 is 10.6 Å². The molecule has 1 aromatic rings. The van der Waals surface area contributed by atoms with Gasteiger partial charge in [-0.3, -0.25) is 4.79 Å². The maximum atomic E-state index is 13.8. The summed E-state index contributed by atoms with van der Waals surface area (Å²) in [6.45, 7) is 6.67. The molecular formula is C15H23FN2O. The second-order valence-corrected chi connectivity index (χ2v) is 5.10. The standard InChI is InChI=1S/C15H23FN2O/c1-4-18(14-8-6-5-7-13(14)16)15(19)12(10-17)9-11(2)3/h5-8,11-12H,4,9-10,17H2,1-3H3. The van der Waals surface area contributed by atoms with E-state index in [4.69, 9.17) is 5.73 Å². The number of nitrogens with zero attached hydrogens (tertiary/aromatic N) is 1. The van der Waals surface area contributed by atoms with Gasteiger partial charge in [0.15, 0.2) is 0 Å². The van der Waals surface area contributed by atoms with E-state index in [-0.39, 0.29) is 17.6 Å². The molecule has 106 valence electrons. The molecule has 1 atom stereocenters. The number of amides is 1. The quantitative estimate of drug-likeness (QED) is 0.860. The van der Waals surface area contributed by atoms with Crippen LogP contribution in [0.15, 0.2) is 24.3 Å². The molecule has 19 heavy (non-hydrogen) atoms. The minimum absolute atomic E-state index is 0.0937. The zero-order valence-corrected chi connectivity index (χ0v) is 11.9. The van der Waals surface area contributed by atoms with Gasteiger partial charge in [-0.15, -0.1) is 0 Å². The van der Waals surface area contributed by atoms with Crippen LogP contribution in [0.1, 0.15) is 27.2 Å². The van der Waals surface area contributed by atoms with Gasteiger partial charge >= 0.3 is 0 Å². The SMILES string of the molecule is CCN(C(=O)C(CN)CC(C)C)c1ccccc1F. The molecule has 0 saturated carbocycles. The molecule has 0 spiro atoms. The highest BCUT2D eigenvalue weighted by Gasteiger charge is 2.25. The molecule has 2 N–H and O–H groups in total. The van der Waals surface area contributed by atoms with Crippen molar-refractivity contribution >= 4 is 11.6 Å². The predicted octanol–water partition coefficient (Wildman–Crippen LogP) is 2.80. The summed E-state index contributed by atoms with van der Waals surface area (Å²) in [4.78, 5) is 14.0. The van der Waals surface area contributed by atoms with Crippen LogP contribution in [0.5, 0.6) is 0 Å². The molecule has 0 heterocycles. The number of benzene rings is 1. The topological polar surface area (TPSA) is 46.3 Å². The molecule has 1 amide bonds. The monoisotopic (exact) mass is 266 g/mol. The third kappa shape index (κ3) is 4.03. The van der Waals surface area contributed by atoms with Crippen molar-refractivity contribution in [3.63, 3.8) is 0 Å². The first-order chi connectivity index (χ1) is 9.01. The third-order valence-corrected chi connectivity index (χ3v) is 3.12. The van der Waals surface area contributed by atoms with Crippen LogP contribution in [0.2, 0.25) is 0 Å². The van der Waals surface area contributed by atoms with E-state index < -0.39 is 0 Å². The van der Waals surface area contributed by atoms with Crippen molar-refractivity contribution in [2.75, 3.05) is 18.0 Å². The Morgan fingerprint density at radius 2 is 2.00 bits per heavy atom. The molecule has 0 aliphatic carbocycles. The smallest absolute Gasteiger partial charge is 0.231 e. The van der Waals surface area contributed by atoms with Crippen LogP contribution in [0.25, 0.3) is 0 Å². The van der Waals surface area contributed by atoms with Crippen molar-refractivity contribution in [1.82, 2.24) is 0 Å². The Labute approximate surface area is 114 Å². The van der Waals surface area contributed by atoms with Crippen molar-refractivity contribution in [2.24, 2.45) is 17.6 Å². The Balaban J connectivity index is 2.96. The van der Waals surface area contributed by atoms with Gasteiger partial charge in [0.2, 0.25) is 5.91 Å². The molecule has 1 unspecified atom stereocenters. The Morgan fingerprint density at radius 3 is 2.47 bits per heavy atom. The number of rotatable bonds is 6. The van der Waals surface area contributed by atoms with Gasteiger partial charge in [0, 0.05) is 13.1 Å². The maximum Gasteiger partial charge on any atom is 0.231 e. The first kappa shape index (κ1) is 15.6. The molecule has 0 aliphatic heterocycles. The fraction of sp³-hybridized carbons (Fsp3) is 0.533. The average molecular weight is 266 g/mol. The van der Waals surface area contributed by atoms with Crippen LogP contribution in [0.3, 0.4) is 0 Å². The number of halogens is 1. The fourth-order valence-electron chi connectivity index (χ4n) is 2.20. The van der Waals surface area contributed by atoms with Crippen LogP contribution >= 0.6 is 0 Å². The van der Waals surface area contributed by atoms with Crippen LogP contribution in [0.4, 0.5) is 10.1 Å². The van der Waals surface area contributed by atoms with Crippen LogP contribution in [-0.4, -0.2) is 19.0 Å². The van der Waals surface area contributed by atoms with E-state index in [1.54, 1.807) is 18.2 Å². The van der Waals surface area contributed by atoms with Gasteiger partial charge in [0.1, 0.15) is 5.82 Å². The van der Waals surface area contributed by atoms with E-state index in [9.17, 15) is 9.18 Å². The van der Waals surface area contributed by atoms with Gasteiger partial charge in [-0.25, -0.2) is 4.39 Å². The van der Waals surface area contributed by atoms with E-state index in [2.05, 4.69) is 13.8 Å². The molecule has 0 saturated heterocycles. The molecule has 1 aromatic carbocycles. The number of carbonyl (C=O) groups excluding carboxylic acids is 1. The van der Waals surface area contributed by atoms with Gasteiger partial charge in [0.05, 0.1) is 11.6 Å². The van der Waals surface area contributed by atoms with Gasteiger partial charge in [0.25, 0.3) is 0 Å². The zero-order valence-electron chi connectivity index (χ0n) is 11.9. The largest absolute Gasteiger partial charge is 0.330 e. The minimum atomic E-state index is -0.377. The summed E-state index contributed by atoms with van der Waals surface area (Å²) in [7, 11) is 0. The highest BCUT2D eigenvalue weighted by Crippen LogP contribution is 2.22. The highest BCUT2D eigenvalue weighted by molar-refractivity contribution is 5.95. The van der Waals surface area contributed by atoms with Crippen molar-refractivity contribution in [3.05, 3.63) is 30.1 Å². The van der Waals surface area contributed by atoms with Gasteiger partial charge in [-0.05, 0) is 31.4 Å². The molecule has 4 heteroatoms. The summed E-state index contributed by atoms with van der Waals surface area (Å²) in [5.74, 6) is -0.335. The Bertz CT molecular complexity index is 420. The van der Waals surface area contributed by atoms with Crippen LogP contribution in [-0.2, 0) is 4.79 Å². The summed E-state index contributed by atoms with van der Waals surface area (Å²) in [5, 5.41) is 0. The number of anilines is 1. The van der Waals surface area contributed by atoms with E-state index in [1.807, 2.05) is 6.92 Å². The fourth-order valence-corrected chi connectivity index (χ4v) is 2.20. The number of carbonyl (C=O) groups is 1. The van der Waals surface area contributed by atoms with E-state index in [1.165, 1.54) is 11.0 Å². The van der Waals surface area contributed by atoms with Crippen LogP contribution in [0, 0.1) is 17.7 Å². The van der Waals surface area contributed by atoms with Gasteiger partial charge in [-0.2, -0.15) is 0 Å². The van der Waals surface area contributed by atoms with E-state index in [0.717, 1.165) is 6.42 Å². The molecule has 0 aromatic heterocycles. The highest BCUT2D eigenvalue weighted by atomic mass is 19.1. The van der Waals surface area contributed by atoms with Crippen molar-refractivity contribution in [2.45, 2.75) is 27.2 Å². The minimum Gasteiger partial charge on any atom is -0.330 e. The second kappa shape index (κ2) is 7.24. The Kier molecular flexibility index (Phi) is 5.96. The normalized spacial score (nSPS) is 12.5. The Morgan fingerprint density at radius 1 is 1.37 bits per heavy atom. The lowest BCUT2D eigenvalue weighted by Gasteiger charge is -2.27. The lowest BCUT2D eigenvalue weighted by atomic mass is 9.95. The lowest BCUT2D eigenvalue weighted by Crippen LogP contribution is -2.40. The molecule has 0 bridgehead atoms. The number of nitrogens with two attached hydrogens (primary N) is 1. The van der Waals surface area contributed by atoms with E-state index >= 15 is 0 Å². The number of hydrogen-bond donors (Lipinski definition) is 1. The Hall–Kier alpha value is -1.42. The molecule has 0 fully saturated rings. The summed E-state index contributed by atoms with van der Waals surface area (Å²) < 4.78 is 13.8. The van der Waals surface area contributed by atoms with Gasteiger partial charge in [-0.1, -0.05) is 26.0 Å². The predicted molar refractivity (Wildman–Crippen MR) is 76.4 cm³/mol.